The van der Waals surface area contributed by atoms with Gasteiger partial charge >= 0.3 is 0 Å². The first-order valence-corrected chi connectivity index (χ1v) is 8.46. The van der Waals surface area contributed by atoms with E-state index in [1.54, 1.807) is 0 Å². The summed E-state index contributed by atoms with van der Waals surface area (Å²) >= 11 is 0. The summed E-state index contributed by atoms with van der Waals surface area (Å²) in [6, 6.07) is -1.24. The van der Waals surface area contributed by atoms with Crippen LogP contribution in [0.3, 0.4) is 0 Å². The van der Waals surface area contributed by atoms with Gasteiger partial charge in [0.05, 0.1) is 19.3 Å². The maximum atomic E-state index is 11.4. The summed E-state index contributed by atoms with van der Waals surface area (Å²) in [5.41, 5.74) is 8.65. The van der Waals surface area contributed by atoms with Gasteiger partial charge in [0.15, 0.2) is 12.5 Å². The van der Waals surface area contributed by atoms with E-state index in [0.29, 0.717) is 0 Å². The Morgan fingerprint density at radius 2 is 1.71 bits per heavy atom. The number of rotatable bonds is 6. The van der Waals surface area contributed by atoms with Gasteiger partial charge in [-0.2, -0.15) is 0 Å². The predicted octanol–water partition coefficient (Wildman–Crippen LogP) is -3.94. The van der Waals surface area contributed by atoms with Crippen LogP contribution in [0.1, 0.15) is 6.92 Å². The smallest absolute Gasteiger partial charge is 0.217 e. The predicted molar refractivity (Wildman–Crippen MR) is 87.1 cm³/mol. The summed E-state index contributed by atoms with van der Waals surface area (Å²) in [5, 5.41) is 64.8. The molecule has 0 aromatic rings. The largest absolute Gasteiger partial charge is 0.394 e. The average molecular weight is 408 g/mol. The number of nitrogens with one attached hydrogen (secondary N) is 1. The zero-order chi connectivity index (χ0) is 21.0. The second kappa shape index (κ2) is 9.76. The standard InChI is InChI=1S/C14H24N4O10/c1-4(21)16-7-9(23)12(6(3-20)26-13(7)17-18-15)28-14-11(25)10(24)8(22)5(2-19)27-14/h5-14,19-20,22-25H,2-3H2,1H3,(H,16,21). The van der Waals surface area contributed by atoms with Gasteiger partial charge in [0.1, 0.15) is 42.7 Å². The van der Waals surface area contributed by atoms with Crippen molar-refractivity contribution in [2.45, 2.75) is 68.2 Å². The molecular weight excluding hydrogens is 384 g/mol. The SMILES string of the molecule is CC(=O)NC1C(N=[N+]=[N-])OC(CO)C(OC2OC(CO)C(O)C(O)C2O)C1O. The van der Waals surface area contributed by atoms with Crippen molar-refractivity contribution < 1.29 is 49.6 Å². The number of nitrogens with zero attached hydrogens (tertiary/aromatic N) is 3. The molecule has 0 saturated carbocycles. The first-order valence-electron chi connectivity index (χ1n) is 8.46. The molecule has 160 valence electrons. The molecule has 14 nitrogen and oxygen atoms in total. The average Bonchev–Trinajstić information content (AvgIpc) is 2.66. The van der Waals surface area contributed by atoms with Crippen molar-refractivity contribution >= 4 is 5.91 Å². The van der Waals surface area contributed by atoms with Crippen LogP contribution >= 0.6 is 0 Å². The van der Waals surface area contributed by atoms with Crippen LogP contribution in [0.25, 0.3) is 10.4 Å². The molecule has 2 heterocycles. The zero-order valence-electron chi connectivity index (χ0n) is 14.8. The van der Waals surface area contributed by atoms with Gasteiger partial charge in [0, 0.05) is 11.8 Å². The van der Waals surface area contributed by atoms with E-state index in [0.717, 1.165) is 6.92 Å². The Labute approximate surface area is 158 Å². The third-order valence-corrected chi connectivity index (χ3v) is 4.55. The normalized spacial score (nSPS) is 43.8. The number of azide groups is 1. The molecule has 2 rings (SSSR count). The van der Waals surface area contributed by atoms with Crippen LogP contribution in [0.5, 0.6) is 0 Å². The van der Waals surface area contributed by atoms with E-state index < -0.39 is 80.4 Å². The van der Waals surface area contributed by atoms with Crippen LogP contribution < -0.4 is 5.32 Å². The van der Waals surface area contributed by atoms with Crippen molar-refractivity contribution in [3.63, 3.8) is 0 Å². The van der Waals surface area contributed by atoms with E-state index in [2.05, 4.69) is 15.3 Å². The third kappa shape index (κ3) is 4.69. The molecule has 2 aliphatic heterocycles. The van der Waals surface area contributed by atoms with Crippen LogP contribution in [0, 0.1) is 0 Å². The summed E-state index contributed by atoms with van der Waals surface area (Å²) in [6.07, 6.45) is -13.5. The molecule has 0 aliphatic carbocycles. The molecule has 2 fully saturated rings. The molecule has 0 aromatic heterocycles. The van der Waals surface area contributed by atoms with E-state index in [1.165, 1.54) is 0 Å². The van der Waals surface area contributed by atoms with Crippen molar-refractivity contribution in [3.8, 4) is 0 Å². The van der Waals surface area contributed by atoms with Gasteiger partial charge in [-0.15, -0.1) is 0 Å². The molecule has 2 saturated heterocycles. The van der Waals surface area contributed by atoms with Crippen molar-refractivity contribution in [1.82, 2.24) is 5.32 Å². The number of hydrogen-bond acceptors (Lipinski definition) is 11. The minimum atomic E-state index is -1.75. The Kier molecular flexibility index (Phi) is 7.91. The molecule has 0 aromatic carbocycles. The van der Waals surface area contributed by atoms with Crippen LogP contribution in [0.15, 0.2) is 5.11 Å². The fourth-order valence-electron chi connectivity index (χ4n) is 3.13. The molecule has 0 bridgehead atoms. The topological polar surface area (TPSA) is 227 Å². The quantitative estimate of drug-likeness (QED) is 0.128. The van der Waals surface area contributed by atoms with Crippen LogP contribution in [0.2, 0.25) is 0 Å². The molecule has 14 heteroatoms. The second-order valence-corrected chi connectivity index (χ2v) is 6.47. The van der Waals surface area contributed by atoms with Gasteiger partial charge in [0.25, 0.3) is 0 Å². The Morgan fingerprint density at radius 1 is 1.07 bits per heavy atom. The highest BCUT2D eigenvalue weighted by Gasteiger charge is 2.50. The molecule has 10 atom stereocenters. The molecule has 2 aliphatic rings. The number of carbonyl (C=O) groups is 1. The number of ether oxygens (including phenoxy) is 3. The van der Waals surface area contributed by atoms with Gasteiger partial charge in [-0.05, 0) is 5.53 Å². The first-order chi connectivity index (χ1) is 13.2. The number of carbonyl (C=O) groups excluding carboxylic acids is 1. The van der Waals surface area contributed by atoms with Crippen LogP contribution in [0.4, 0.5) is 0 Å². The lowest BCUT2D eigenvalue weighted by molar-refractivity contribution is -0.335. The molecule has 7 N–H and O–H groups in total. The number of aliphatic hydroxyl groups excluding tert-OH is 6. The van der Waals surface area contributed by atoms with Crippen molar-refractivity contribution in [1.29, 1.82) is 0 Å². The van der Waals surface area contributed by atoms with Gasteiger partial charge in [-0.3, -0.25) is 4.79 Å². The van der Waals surface area contributed by atoms with Crippen LogP contribution in [-0.2, 0) is 19.0 Å². The minimum absolute atomic E-state index is 0.570. The van der Waals surface area contributed by atoms with Gasteiger partial charge in [-0.1, -0.05) is 5.11 Å². The van der Waals surface area contributed by atoms with Gasteiger partial charge in [-0.25, -0.2) is 0 Å². The second-order valence-electron chi connectivity index (χ2n) is 6.47. The lowest BCUT2D eigenvalue weighted by Gasteiger charge is -2.46. The van der Waals surface area contributed by atoms with Crippen molar-refractivity contribution in [2.75, 3.05) is 13.2 Å². The Morgan fingerprint density at radius 3 is 2.25 bits per heavy atom. The fourth-order valence-corrected chi connectivity index (χ4v) is 3.13. The Hall–Kier alpha value is -1.58. The summed E-state index contributed by atoms with van der Waals surface area (Å²) < 4.78 is 16.1. The maximum absolute atomic E-state index is 11.4. The fraction of sp³-hybridized carbons (Fsp3) is 0.929. The highest BCUT2D eigenvalue weighted by atomic mass is 16.7. The van der Waals surface area contributed by atoms with Gasteiger partial charge < -0.3 is 50.2 Å². The number of amides is 1. The molecule has 0 spiro atoms. The highest BCUT2D eigenvalue weighted by molar-refractivity contribution is 5.73. The van der Waals surface area contributed by atoms with E-state index in [1.807, 2.05) is 0 Å². The van der Waals surface area contributed by atoms with Gasteiger partial charge in [0.2, 0.25) is 5.91 Å². The first kappa shape index (κ1) is 22.7. The van der Waals surface area contributed by atoms with Crippen LogP contribution in [-0.4, -0.2) is 111 Å². The lowest BCUT2D eigenvalue weighted by atomic mass is 9.95. The van der Waals surface area contributed by atoms with Crippen molar-refractivity contribution in [3.05, 3.63) is 10.4 Å². The Balaban J connectivity index is 2.23. The zero-order valence-corrected chi connectivity index (χ0v) is 14.8. The number of aliphatic hydroxyl groups is 6. The summed E-state index contributed by atoms with van der Waals surface area (Å²) in [6.45, 7) is -0.222. The minimum Gasteiger partial charge on any atom is -0.394 e. The summed E-state index contributed by atoms with van der Waals surface area (Å²) in [4.78, 5) is 14.0. The maximum Gasteiger partial charge on any atom is 0.217 e. The highest BCUT2D eigenvalue weighted by Crippen LogP contribution is 2.29. The molecule has 28 heavy (non-hydrogen) atoms. The molecule has 1 amide bonds. The molecule has 10 unspecified atom stereocenters. The number of hydrogen-bond donors (Lipinski definition) is 7. The monoisotopic (exact) mass is 408 g/mol. The molecule has 0 radical (unpaired) electrons. The Bertz CT molecular complexity index is 588. The molecular formula is C14H24N4O10. The lowest BCUT2D eigenvalue weighted by Crippen LogP contribution is -2.66. The third-order valence-electron chi connectivity index (χ3n) is 4.55. The van der Waals surface area contributed by atoms with E-state index in [-0.39, 0.29) is 0 Å². The van der Waals surface area contributed by atoms with E-state index >= 15 is 0 Å². The summed E-state index contributed by atoms with van der Waals surface area (Å²) in [7, 11) is 0. The summed E-state index contributed by atoms with van der Waals surface area (Å²) in [5.74, 6) is -0.570. The van der Waals surface area contributed by atoms with E-state index in [4.69, 9.17) is 19.7 Å². The van der Waals surface area contributed by atoms with Crippen molar-refractivity contribution in [2.24, 2.45) is 5.11 Å². The van der Waals surface area contributed by atoms with E-state index in [9.17, 15) is 35.4 Å².